The number of aryl methyl sites for hydroxylation is 1. The molecule has 2 heterocycles. The lowest BCUT2D eigenvalue weighted by Crippen LogP contribution is -2.15. The van der Waals surface area contributed by atoms with Gasteiger partial charge in [-0.25, -0.2) is 0 Å². The van der Waals surface area contributed by atoms with Crippen LogP contribution in [0, 0.1) is 0 Å². The Morgan fingerprint density at radius 3 is 2.42 bits per heavy atom. The van der Waals surface area contributed by atoms with Gasteiger partial charge in [0.2, 0.25) is 0 Å². The van der Waals surface area contributed by atoms with Crippen molar-refractivity contribution in [2.24, 2.45) is 7.05 Å². The molecule has 4 aromatic rings. The number of nitrogens with one attached hydrogen (secondary N) is 1. The van der Waals surface area contributed by atoms with Crippen LogP contribution >= 0.6 is 0 Å². The SMILES string of the molecule is CN(C)CCc1cccc2c3[nH]c(=O)c4ccccc4c3n(C)c12. The van der Waals surface area contributed by atoms with Crippen molar-refractivity contribution in [1.29, 1.82) is 0 Å². The lowest BCUT2D eigenvalue weighted by Gasteiger charge is -2.11. The van der Waals surface area contributed by atoms with Gasteiger partial charge in [-0.15, -0.1) is 0 Å². The summed E-state index contributed by atoms with van der Waals surface area (Å²) in [5.41, 5.74) is 4.52. The molecular weight excluding hydrogens is 298 g/mol. The Morgan fingerprint density at radius 1 is 0.958 bits per heavy atom. The fourth-order valence-electron chi connectivity index (χ4n) is 3.65. The average molecular weight is 319 g/mol. The topological polar surface area (TPSA) is 41.0 Å². The van der Waals surface area contributed by atoms with Crippen LogP contribution in [0.5, 0.6) is 0 Å². The maximum absolute atomic E-state index is 12.5. The van der Waals surface area contributed by atoms with Gasteiger partial charge in [0.25, 0.3) is 5.56 Å². The highest BCUT2D eigenvalue weighted by Crippen LogP contribution is 2.32. The number of nitrogens with zero attached hydrogens (tertiary/aromatic N) is 2. The first kappa shape index (κ1) is 15.0. The van der Waals surface area contributed by atoms with Gasteiger partial charge < -0.3 is 14.5 Å². The molecule has 0 aliphatic carbocycles. The molecule has 0 aliphatic heterocycles. The van der Waals surface area contributed by atoms with Crippen molar-refractivity contribution in [1.82, 2.24) is 14.5 Å². The average Bonchev–Trinajstić information content (AvgIpc) is 2.86. The summed E-state index contributed by atoms with van der Waals surface area (Å²) in [5.74, 6) is 0. The molecule has 24 heavy (non-hydrogen) atoms. The highest BCUT2D eigenvalue weighted by molar-refractivity contribution is 6.15. The number of likely N-dealkylation sites (N-methyl/N-ethyl adjacent to an activating group) is 1. The van der Waals surface area contributed by atoms with E-state index in [0.29, 0.717) is 0 Å². The zero-order valence-corrected chi connectivity index (χ0v) is 14.3. The standard InChI is InChI=1S/C20H21N3O/c1-22(2)12-11-13-7-6-10-16-17-19(23(3)18(13)16)14-8-4-5-9-15(14)20(24)21-17/h4-10H,11-12H2,1-3H3,(H,21,24). The van der Waals surface area contributed by atoms with E-state index in [1.807, 2.05) is 24.3 Å². The van der Waals surface area contributed by atoms with Gasteiger partial charge in [0.15, 0.2) is 0 Å². The largest absolute Gasteiger partial charge is 0.342 e. The van der Waals surface area contributed by atoms with E-state index >= 15 is 0 Å². The van der Waals surface area contributed by atoms with Crippen LogP contribution in [0.2, 0.25) is 0 Å². The van der Waals surface area contributed by atoms with Crippen molar-refractivity contribution in [3.63, 3.8) is 0 Å². The van der Waals surface area contributed by atoms with Crippen molar-refractivity contribution >= 4 is 32.7 Å². The Kier molecular flexibility index (Phi) is 3.43. The minimum Gasteiger partial charge on any atom is -0.342 e. The molecule has 0 atom stereocenters. The molecule has 0 unspecified atom stereocenters. The summed E-state index contributed by atoms with van der Waals surface area (Å²) in [6.45, 7) is 0.998. The second-order valence-corrected chi connectivity index (χ2v) is 6.65. The first-order chi connectivity index (χ1) is 11.6. The number of benzene rings is 2. The summed E-state index contributed by atoms with van der Waals surface area (Å²) < 4.78 is 2.23. The van der Waals surface area contributed by atoms with Crippen LogP contribution in [0.25, 0.3) is 32.7 Å². The van der Waals surface area contributed by atoms with E-state index in [1.54, 1.807) is 0 Å². The summed E-state index contributed by atoms with van der Waals surface area (Å²) in [7, 11) is 6.27. The quantitative estimate of drug-likeness (QED) is 0.629. The van der Waals surface area contributed by atoms with Gasteiger partial charge in [-0.05, 0) is 32.1 Å². The minimum atomic E-state index is -0.0238. The number of fused-ring (bicyclic) bond motifs is 5. The number of H-pyrrole nitrogens is 1. The third-order valence-electron chi connectivity index (χ3n) is 4.79. The fourth-order valence-corrected chi connectivity index (χ4v) is 3.65. The molecule has 122 valence electrons. The molecule has 0 amide bonds. The number of para-hydroxylation sites is 1. The van der Waals surface area contributed by atoms with Gasteiger partial charge >= 0.3 is 0 Å². The van der Waals surface area contributed by atoms with Crippen LogP contribution in [0.1, 0.15) is 5.56 Å². The number of hydrogen-bond acceptors (Lipinski definition) is 2. The Labute approximate surface area is 140 Å². The number of hydrogen-bond donors (Lipinski definition) is 1. The summed E-state index contributed by atoms with van der Waals surface area (Å²) in [4.78, 5) is 17.8. The molecule has 0 aliphatic rings. The third kappa shape index (κ3) is 2.14. The van der Waals surface area contributed by atoms with Crippen molar-refractivity contribution < 1.29 is 0 Å². The van der Waals surface area contributed by atoms with E-state index in [1.165, 1.54) is 11.1 Å². The van der Waals surface area contributed by atoms with Crippen LogP contribution < -0.4 is 5.56 Å². The maximum Gasteiger partial charge on any atom is 0.256 e. The molecule has 4 heteroatoms. The second kappa shape index (κ2) is 5.49. The minimum absolute atomic E-state index is 0.0238. The van der Waals surface area contributed by atoms with E-state index in [9.17, 15) is 4.79 Å². The summed E-state index contributed by atoms with van der Waals surface area (Å²) in [6.07, 6.45) is 0.983. The van der Waals surface area contributed by atoms with E-state index in [-0.39, 0.29) is 5.56 Å². The maximum atomic E-state index is 12.5. The molecule has 4 rings (SSSR count). The monoisotopic (exact) mass is 319 g/mol. The highest BCUT2D eigenvalue weighted by Gasteiger charge is 2.15. The van der Waals surface area contributed by atoms with E-state index in [4.69, 9.17) is 0 Å². The molecule has 0 saturated carbocycles. The zero-order chi connectivity index (χ0) is 16.8. The zero-order valence-electron chi connectivity index (χ0n) is 14.3. The molecule has 2 aromatic heterocycles. The van der Waals surface area contributed by atoms with Gasteiger partial charge in [-0.1, -0.05) is 36.4 Å². The van der Waals surface area contributed by atoms with Crippen molar-refractivity contribution in [3.8, 4) is 0 Å². The van der Waals surface area contributed by atoms with Crippen LogP contribution in [-0.2, 0) is 13.5 Å². The van der Waals surface area contributed by atoms with Crippen LogP contribution in [0.4, 0.5) is 0 Å². The predicted molar refractivity (Wildman–Crippen MR) is 101 cm³/mol. The van der Waals surface area contributed by atoms with E-state index in [0.717, 1.165) is 40.2 Å². The second-order valence-electron chi connectivity index (χ2n) is 6.65. The van der Waals surface area contributed by atoms with E-state index in [2.05, 4.69) is 53.8 Å². The lowest BCUT2D eigenvalue weighted by atomic mass is 10.1. The number of aromatic nitrogens is 2. The first-order valence-electron chi connectivity index (χ1n) is 8.23. The molecule has 2 aromatic carbocycles. The Bertz CT molecular complexity index is 1120. The molecule has 1 N–H and O–H groups in total. The molecule has 0 spiro atoms. The predicted octanol–water partition coefficient (Wildman–Crippen LogP) is 3.28. The van der Waals surface area contributed by atoms with Gasteiger partial charge in [0.05, 0.1) is 16.6 Å². The first-order valence-corrected chi connectivity index (χ1v) is 8.23. The van der Waals surface area contributed by atoms with E-state index < -0.39 is 0 Å². The van der Waals surface area contributed by atoms with Crippen LogP contribution in [-0.4, -0.2) is 35.1 Å². The van der Waals surface area contributed by atoms with Gasteiger partial charge in [0.1, 0.15) is 0 Å². The highest BCUT2D eigenvalue weighted by atomic mass is 16.1. The Hall–Kier alpha value is -2.59. The van der Waals surface area contributed by atoms with Gasteiger partial charge in [-0.3, -0.25) is 4.79 Å². The Balaban J connectivity index is 2.13. The summed E-state index contributed by atoms with van der Waals surface area (Å²) >= 11 is 0. The van der Waals surface area contributed by atoms with Crippen molar-refractivity contribution in [3.05, 3.63) is 58.4 Å². The number of aromatic amines is 1. The molecule has 0 saturated heterocycles. The Morgan fingerprint density at radius 2 is 1.67 bits per heavy atom. The number of rotatable bonds is 3. The molecular formula is C20H21N3O. The summed E-state index contributed by atoms with van der Waals surface area (Å²) in [5, 5.41) is 2.87. The van der Waals surface area contributed by atoms with Gasteiger partial charge in [0, 0.05) is 29.8 Å². The molecule has 4 nitrogen and oxygen atoms in total. The third-order valence-corrected chi connectivity index (χ3v) is 4.79. The number of pyridine rings is 1. The smallest absolute Gasteiger partial charge is 0.256 e. The van der Waals surface area contributed by atoms with Crippen LogP contribution in [0.3, 0.4) is 0 Å². The summed E-state index contributed by atoms with van der Waals surface area (Å²) in [6, 6.07) is 14.2. The van der Waals surface area contributed by atoms with Crippen molar-refractivity contribution in [2.75, 3.05) is 20.6 Å². The molecule has 0 radical (unpaired) electrons. The molecule has 0 bridgehead atoms. The van der Waals surface area contributed by atoms with Crippen molar-refractivity contribution in [2.45, 2.75) is 6.42 Å². The fraction of sp³-hybridized carbons (Fsp3) is 0.250. The lowest BCUT2D eigenvalue weighted by molar-refractivity contribution is 0.414. The van der Waals surface area contributed by atoms with Crippen LogP contribution in [0.15, 0.2) is 47.3 Å². The molecule has 0 fully saturated rings. The van der Waals surface area contributed by atoms with Gasteiger partial charge in [-0.2, -0.15) is 0 Å². The normalized spacial score (nSPS) is 12.0.